The van der Waals surface area contributed by atoms with Crippen LogP contribution in [0.25, 0.3) is 0 Å². The van der Waals surface area contributed by atoms with E-state index in [2.05, 4.69) is 36.7 Å². The van der Waals surface area contributed by atoms with E-state index in [-0.39, 0.29) is 5.54 Å². The van der Waals surface area contributed by atoms with Gasteiger partial charge in [-0.25, -0.2) is 0 Å². The lowest BCUT2D eigenvalue weighted by Crippen LogP contribution is -2.59. The van der Waals surface area contributed by atoms with Gasteiger partial charge in [-0.05, 0) is 46.3 Å². The molecule has 0 saturated carbocycles. The lowest BCUT2D eigenvalue weighted by atomic mass is 9.85. The Labute approximate surface area is 94.7 Å². The van der Waals surface area contributed by atoms with Crippen LogP contribution in [0.5, 0.6) is 0 Å². The number of nitrogens with one attached hydrogen (secondary N) is 1. The van der Waals surface area contributed by atoms with Crippen LogP contribution in [-0.4, -0.2) is 36.6 Å². The van der Waals surface area contributed by atoms with Crippen LogP contribution in [-0.2, 0) is 0 Å². The van der Waals surface area contributed by atoms with Crippen LogP contribution in [0.15, 0.2) is 12.7 Å². The molecular weight excluding hydrogens is 184 g/mol. The third-order valence-electron chi connectivity index (χ3n) is 4.01. The third kappa shape index (κ3) is 2.61. The molecule has 1 fully saturated rings. The summed E-state index contributed by atoms with van der Waals surface area (Å²) in [5.41, 5.74) is 0.233. The standard InChI is InChI=1S/C13H26N2/c1-5-12(14-4)13(3,6-2)15-10-8-7-9-11-15/h5,12,14H,1,6-11H2,2-4H3. The largest absolute Gasteiger partial charge is 0.312 e. The number of piperidine rings is 1. The highest BCUT2D eigenvalue weighted by Gasteiger charge is 2.36. The van der Waals surface area contributed by atoms with Crippen molar-refractivity contribution in [2.45, 2.75) is 51.1 Å². The van der Waals surface area contributed by atoms with Crippen LogP contribution in [0, 0.1) is 0 Å². The molecule has 0 aromatic heterocycles. The first-order valence-electron chi connectivity index (χ1n) is 6.24. The van der Waals surface area contributed by atoms with E-state index in [4.69, 9.17) is 0 Å². The predicted molar refractivity (Wildman–Crippen MR) is 67.2 cm³/mol. The summed E-state index contributed by atoms with van der Waals surface area (Å²) >= 11 is 0. The Balaban J connectivity index is 2.76. The van der Waals surface area contributed by atoms with E-state index in [1.165, 1.54) is 38.8 Å². The number of hydrogen-bond donors (Lipinski definition) is 1. The molecule has 88 valence electrons. The molecule has 0 aromatic carbocycles. The molecule has 2 heteroatoms. The molecule has 0 spiro atoms. The summed E-state index contributed by atoms with van der Waals surface area (Å²) in [6.45, 7) is 11.1. The first-order valence-corrected chi connectivity index (χ1v) is 6.24. The van der Waals surface area contributed by atoms with E-state index < -0.39 is 0 Å². The van der Waals surface area contributed by atoms with Crippen LogP contribution in [0.2, 0.25) is 0 Å². The molecular formula is C13H26N2. The zero-order valence-electron chi connectivity index (χ0n) is 10.6. The number of nitrogens with zero attached hydrogens (tertiary/aromatic N) is 1. The predicted octanol–water partition coefficient (Wildman–Crippen LogP) is 2.42. The van der Waals surface area contributed by atoms with Crippen molar-refractivity contribution in [3.05, 3.63) is 12.7 Å². The van der Waals surface area contributed by atoms with E-state index in [0.717, 1.165) is 0 Å². The first-order chi connectivity index (χ1) is 7.19. The van der Waals surface area contributed by atoms with E-state index in [9.17, 15) is 0 Å². The molecule has 0 bridgehead atoms. The Morgan fingerprint density at radius 1 is 1.40 bits per heavy atom. The van der Waals surface area contributed by atoms with E-state index >= 15 is 0 Å². The van der Waals surface area contributed by atoms with Gasteiger partial charge in [0.15, 0.2) is 0 Å². The van der Waals surface area contributed by atoms with Crippen LogP contribution in [0.4, 0.5) is 0 Å². The van der Waals surface area contributed by atoms with Crippen molar-refractivity contribution in [2.75, 3.05) is 20.1 Å². The van der Waals surface area contributed by atoms with Crippen molar-refractivity contribution < 1.29 is 0 Å². The number of hydrogen-bond acceptors (Lipinski definition) is 2. The molecule has 0 radical (unpaired) electrons. The maximum Gasteiger partial charge on any atom is 0.0428 e. The second-order valence-corrected chi connectivity index (χ2v) is 4.76. The van der Waals surface area contributed by atoms with Gasteiger partial charge in [0.25, 0.3) is 0 Å². The van der Waals surface area contributed by atoms with Crippen molar-refractivity contribution in [1.29, 1.82) is 0 Å². The van der Waals surface area contributed by atoms with E-state index in [1.807, 2.05) is 7.05 Å². The SMILES string of the molecule is C=CC(NC)C(C)(CC)N1CCCCC1. The van der Waals surface area contributed by atoms with Gasteiger partial charge in [-0.3, -0.25) is 4.90 Å². The van der Waals surface area contributed by atoms with Gasteiger partial charge in [0.1, 0.15) is 0 Å². The lowest BCUT2D eigenvalue weighted by Gasteiger charge is -2.47. The molecule has 0 aromatic rings. The van der Waals surface area contributed by atoms with E-state index in [1.54, 1.807) is 0 Å². The maximum absolute atomic E-state index is 3.95. The van der Waals surface area contributed by atoms with Crippen molar-refractivity contribution in [3.8, 4) is 0 Å². The van der Waals surface area contributed by atoms with Gasteiger partial charge in [0, 0.05) is 11.6 Å². The Kier molecular flexibility index (Phi) is 4.81. The highest BCUT2D eigenvalue weighted by atomic mass is 15.2. The Hall–Kier alpha value is -0.340. The van der Waals surface area contributed by atoms with Crippen LogP contribution < -0.4 is 5.32 Å². The first kappa shape index (κ1) is 12.7. The average molecular weight is 210 g/mol. The summed E-state index contributed by atoms with van der Waals surface area (Å²) in [6.07, 6.45) is 7.32. The summed E-state index contributed by atoms with van der Waals surface area (Å²) in [4.78, 5) is 2.64. The van der Waals surface area contributed by atoms with Crippen LogP contribution in [0.1, 0.15) is 39.5 Å². The number of rotatable bonds is 5. The van der Waals surface area contributed by atoms with Gasteiger partial charge < -0.3 is 5.32 Å². The fraction of sp³-hybridized carbons (Fsp3) is 0.846. The molecule has 1 aliphatic heterocycles. The molecule has 0 amide bonds. The van der Waals surface area contributed by atoms with Crippen molar-refractivity contribution >= 4 is 0 Å². The van der Waals surface area contributed by atoms with Crippen molar-refractivity contribution in [1.82, 2.24) is 10.2 Å². The van der Waals surface area contributed by atoms with Gasteiger partial charge >= 0.3 is 0 Å². The molecule has 1 saturated heterocycles. The quantitative estimate of drug-likeness (QED) is 0.701. The van der Waals surface area contributed by atoms with Gasteiger partial charge in [-0.1, -0.05) is 19.4 Å². The van der Waals surface area contributed by atoms with E-state index in [0.29, 0.717) is 6.04 Å². The lowest BCUT2D eigenvalue weighted by molar-refractivity contribution is 0.0586. The second kappa shape index (κ2) is 5.66. The smallest absolute Gasteiger partial charge is 0.0428 e. The fourth-order valence-electron chi connectivity index (χ4n) is 2.73. The van der Waals surface area contributed by atoms with Crippen LogP contribution >= 0.6 is 0 Å². The number of likely N-dealkylation sites (N-methyl/N-ethyl adjacent to an activating group) is 1. The maximum atomic E-state index is 3.95. The minimum Gasteiger partial charge on any atom is -0.312 e. The fourth-order valence-corrected chi connectivity index (χ4v) is 2.73. The summed E-state index contributed by atoms with van der Waals surface area (Å²) in [5, 5.41) is 3.38. The minimum atomic E-state index is 0.233. The molecule has 0 aliphatic carbocycles. The monoisotopic (exact) mass is 210 g/mol. The van der Waals surface area contributed by atoms with Crippen molar-refractivity contribution in [2.24, 2.45) is 0 Å². The molecule has 1 rings (SSSR count). The third-order valence-corrected chi connectivity index (χ3v) is 4.01. The van der Waals surface area contributed by atoms with Gasteiger partial charge in [0.2, 0.25) is 0 Å². The molecule has 1 aliphatic rings. The minimum absolute atomic E-state index is 0.233. The average Bonchev–Trinajstić information content (AvgIpc) is 2.31. The summed E-state index contributed by atoms with van der Waals surface area (Å²) in [6, 6.07) is 0.389. The molecule has 15 heavy (non-hydrogen) atoms. The van der Waals surface area contributed by atoms with Gasteiger partial charge in [0.05, 0.1) is 0 Å². The second-order valence-electron chi connectivity index (χ2n) is 4.76. The molecule has 1 heterocycles. The zero-order chi connectivity index (χ0) is 11.3. The van der Waals surface area contributed by atoms with Gasteiger partial charge in [-0.15, -0.1) is 6.58 Å². The topological polar surface area (TPSA) is 15.3 Å². The zero-order valence-corrected chi connectivity index (χ0v) is 10.6. The number of likely N-dealkylation sites (tertiary alicyclic amines) is 1. The summed E-state index contributed by atoms with van der Waals surface area (Å²) in [5.74, 6) is 0. The highest BCUT2D eigenvalue weighted by Crippen LogP contribution is 2.27. The Bertz CT molecular complexity index is 197. The highest BCUT2D eigenvalue weighted by molar-refractivity contribution is 5.04. The summed E-state index contributed by atoms with van der Waals surface area (Å²) < 4.78 is 0. The summed E-state index contributed by atoms with van der Waals surface area (Å²) in [7, 11) is 2.03. The Morgan fingerprint density at radius 2 is 2.00 bits per heavy atom. The molecule has 2 unspecified atom stereocenters. The normalized spacial score (nSPS) is 24.5. The van der Waals surface area contributed by atoms with Crippen molar-refractivity contribution in [3.63, 3.8) is 0 Å². The molecule has 2 nitrogen and oxygen atoms in total. The van der Waals surface area contributed by atoms with Crippen LogP contribution in [0.3, 0.4) is 0 Å². The van der Waals surface area contributed by atoms with Gasteiger partial charge in [-0.2, -0.15) is 0 Å². The Morgan fingerprint density at radius 3 is 2.40 bits per heavy atom. The molecule has 1 N–H and O–H groups in total. The molecule has 2 atom stereocenters.